The number of benzene rings is 1. The molecule has 25 heavy (non-hydrogen) atoms. The topological polar surface area (TPSA) is 52.0 Å². The van der Waals surface area contributed by atoms with Gasteiger partial charge in [0, 0.05) is 30.5 Å². The number of hydrogen-bond donors (Lipinski definition) is 2. The van der Waals surface area contributed by atoms with E-state index in [0.717, 1.165) is 56.0 Å². The highest BCUT2D eigenvalue weighted by Crippen LogP contribution is 2.46. The summed E-state index contributed by atoms with van der Waals surface area (Å²) in [5.41, 5.74) is 0.796. The van der Waals surface area contributed by atoms with Crippen LogP contribution in [0, 0.1) is 5.92 Å². The summed E-state index contributed by atoms with van der Waals surface area (Å²) in [7, 11) is 0. The zero-order valence-electron chi connectivity index (χ0n) is 15.1. The van der Waals surface area contributed by atoms with Gasteiger partial charge in [0.25, 0.3) is 11.7 Å². The smallest absolute Gasteiger partial charge is 0.279 e. The Morgan fingerprint density at radius 3 is 2.80 bits per heavy atom. The van der Waals surface area contributed by atoms with Gasteiger partial charge < -0.3 is 19.7 Å². The number of hydrogen-bond acceptors (Lipinski definition) is 3. The number of carbonyl (C=O) groups excluding carboxylic acids is 1. The van der Waals surface area contributed by atoms with Crippen LogP contribution in [0.5, 0.6) is 11.5 Å². The third-order valence-corrected chi connectivity index (χ3v) is 5.71. The molecule has 4 rings (SSSR count). The fourth-order valence-corrected chi connectivity index (χ4v) is 4.46. The van der Waals surface area contributed by atoms with Crippen molar-refractivity contribution in [3.63, 3.8) is 0 Å². The van der Waals surface area contributed by atoms with Crippen molar-refractivity contribution >= 4 is 11.6 Å². The molecule has 1 aromatic carbocycles. The lowest BCUT2D eigenvalue weighted by molar-refractivity contribution is -0.900. The number of nitrogens with one attached hydrogen (secondary N) is 2. The Kier molecular flexibility index (Phi) is 4.59. The van der Waals surface area contributed by atoms with Gasteiger partial charge in [-0.1, -0.05) is 13.3 Å². The fraction of sp³-hybridized carbons (Fsp3) is 0.650. The van der Waals surface area contributed by atoms with Crippen LogP contribution in [0.3, 0.4) is 0 Å². The number of anilines is 1. The lowest BCUT2D eigenvalue weighted by Crippen LogP contribution is -3.14. The first-order valence-corrected chi connectivity index (χ1v) is 9.77. The number of likely N-dealkylation sites (tertiary alicyclic amines) is 1. The Labute approximate surface area is 149 Å². The maximum absolute atomic E-state index is 12.4. The van der Waals surface area contributed by atoms with Gasteiger partial charge in [-0.25, -0.2) is 0 Å². The van der Waals surface area contributed by atoms with Gasteiger partial charge in [-0.3, -0.25) is 4.79 Å². The van der Waals surface area contributed by atoms with Crippen LogP contribution < -0.4 is 19.7 Å². The molecule has 0 bridgehead atoms. The molecule has 1 saturated heterocycles. The quantitative estimate of drug-likeness (QED) is 0.884. The van der Waals surface area contributed by atoms with Gasteiger partial charge in [0.2, 0.25) is 0 Å². The maximum Gasteiger partial charge on any atom is 0.279 e. The Balaban J connectivity index is 1.36. The van der Waals surface area contributed by atoms with Crippen LogP contribution in [0.25, 0.3) is 0 Å². The van der Waals surface area contributed by atoms with Crippen molar-refractivity contribution in [2.75, 3.05) is 25.0 Å². The molecule has 5 nitrogen and oxygen atoms in total. The zero-order valence-corrected chi connectivity index (χ0v) is 15.1. The van der Waals surface area contributed by atoms with Gasteiger partial charge in [0.15, 0.2) is 18.0 Å². The SMILES string of the molecule is C[C@@H]1CCC[NH+](CC(=O)Nc2ccc3c(c2)OC2(CCCCC2)O3)C1. The number of rotatable bonds is 3. The van der Waals surface area contributed by atoms with Crippen LogP contribution in [0.15, 0.2) is 18.2 Å². The van der Waals surface area contributed by atoms with Crippen molar-refractivity contribution in [3.8, 4) is 11.5 Å². The summed E-state index contributed by atoms with van der Waals surface area (Å²) in [6, 6.07) is 5.74. The minimum Gasteiger partial charge on any atom is -0.448 e. The number of amides is 1. The molecule has 136 valence electrons. The van der Waals surface area contributed by atoms with Gasteiger partial charge in [-0.05, 0) is 37.8 Å². The van der Waals surface area contributed by atoms with E-state index in [1.165, 1.54) is 24.2 Å². The van der Waals surface area contributed by atoms with Crippen LogP contribution in [0.1, 0.15) is 51.9 Å². The highest BCUT2D eigenvalue weighted by Gasteiger charge is 2.42. The first-order chi connectivity index (χ1) is 12.1. The first-order valence-electron chi connectivity index (χ1n) is 9.77. The fourth-order valence-electron chi connectivity index (χ4n) is 4.46. The van der Waals surface area contributed by atoms with E-state index in [4.69, 9.17) is 9.47 Å². The van der Waals surface area contributed by atoms with Gasteiger partial charge in [-0.2, -0.15) is 0 Å². The third-order valence-electron chi connectivity index (χ3n) is 5.71. The van der Waals surface area contributed by atoms with Crippen molar-refractivity contribution in [3.05, 3.63) is 18.2 Å². The molecule has 1 saturated carbocycles. The number of fused-ring (bicyclic) bond motifs is 1. The summed E-state index contributed by atoms with van der Waals surface area (Å²) in [5.74, 6) is 1.90. The van der Waals surface area contributed by atoms with E-state index < -0.39 is 5.79 Å². The summed E-state index contributed by atoms with van der Waals surface area (Å²) in [4.78, 5) is 13.8. The van der Waals surface area contributed by atoms with E-state index in [0.29, 0.717) is 12.5 Å². The summed E-state index contributed by atoms with van der Waals surface area (Å²) in [5, 5.41) is 3.03. The lowest BCUT2D eigenvalue weighted by atomic mass is 9.94. The molecule has 2 N–H and O–H groups in total. The highest BCUT2D eigenvalue weighted by molar-refractivity contribution is 5.91. The van der Waals surface area contributed by atoms with Crippen LogP contribution in [0.4, 0.5) is 5.69 Å². The Morgan fingerprint density at radius 2 is 2.00 bits per heavy atom. The molecule has 0 aromatic heterocycles. The van der Waals surface area contributed by atoms with Crippen molar-refractivity contribution in [2.24, 2.45) is 5.92 Å². The van der Waals surface area contributed by atoms with Crippen LogP contribution in [-0.4, -0.2) is 31.3 Å². The minimum absolute atomic E-state index is 0.0790. The Morgan fingerprint density at radius 1 is 1.20 bits per heavy atom. The van der Waals surface area contributed by atoms with E-state index in [9.17, 15) is 4.79 Å². The predicted molar refractivity (Wildman–Crippen MR) is 96.1 cm³/mol. The maximum atomic E-state index is 12.4. The normalized spacial score (nSPS) is 27.2. The van der Waals surface area contributed by atoms with E-state index in [1.807, 2.05) is 18.2 Å². The number of ether oxygens (including phenoxy) is 2. The van der Waals surface area contributed by atoms with E-state index in [-0.39, 0.29) is 5.91 Å². The molecule has 5 heteroatoms. The molecule has 2 aliphatic heterocycles. The number of piperidine rings is 1. The highest BCUT2D eigenvalue weighted by atomic mass is 16.7. The van der Waals surface area contributed by atoms with Crippen molar-refractivity contribution in [2.45, 2.75) is 57.7 Å². The third kappa shape index (κ3) is 3.76. The molecular weight excluding hydrogens is 316 g/mol. The second-order valence-corrected chi connectivity index (χ2v) is 8.01. The summed E-state index contributed by atoms with van der Waals surface area (Å²) in [6.07, 6.45) is 7.94. The molecular formula is C20H29N2O3+. The molecule has 1 unspecified atom stereocenters. The standard InChI is InChI=1S/C20H28N2O3/c1-15-6-5-11-22(13-15)14-19(23)21-16-7-8-17-18(12-16)25-20(24-17)9-3-2-4-10-20/h7-8,12,15H,2-6,9-11,13-14H2,1H3,(H,21,23)/p+1/t15-/m1/s1. The summed E-state index contributed by atoms with van der Waals surface area (Å²) < 4.78 is 12.2. The Bertz CT molecular complexity index is 640. The number of quaternary nitrogens is 1. The van der Waals surface area contributed by atoms with Crippen molar-refractivity contribution in [1.82, 2.24) is 0 Å². The summed E-state index contributed by atoms with van der Waals surface area (Å²) in [6.45, 7) is 5.01. The molecule has 0 radical (unpaired) electrons. The first kappa shape index (κ1) is 16.7. The minimum atomic E-state index is -0.461. The number of carbonyl (C=O) groups is 1. The average Bonchev–Trinajstić information content (AvgIpc) is 2.92. The van der Waals surface area contributed by atoms with Crippen molar-refractivity contribution in [1.29, 1.82) is 0 Å². The average molecular weight is 345 g/mol. The van der Waals surface area contributed by atoms with Gasteiger partial charge in [0.1, 0.15) is 0 Å². The second-order valence-electron chi connectivity index (χ2n) is 8.01. The molecule has 1 amide bonds. The predicted octanol–water partition coefficient (Wildman–Crippen LogP) is 2.37. The van der Waals surface area contributed by atoms with Gasteiger partial charge >= 0.3 is 0 Å². The molecule has 2 fully saturated rings. The second kappa shape index (κ2) is 6.87. The molecule has 2 heterocycles. The van der Waals surface area contributed by atoms with Crippen LogP contribution >= 0.6 is 0 Å². The monoisotopic (exact) mass is 345 g/mol. The zero-order chi connectivity index (χ0) is 17.3. The van der Waals surface area contributed by atoms with Crippen molar-refractivity contribution < 1.29 is 19.2 Å². The Hall–Kier alpha value is -1.75. The molecule has 1 spiro atoms. The molecule has 3 aliphatic rings. The van der Waals surface area contributed by atoms with Gasteiger partial charge in [-0.15, -0.1) is 0 Å². The van der Waals surface area contributed by atoms with E-state index in [2.05, 4.69) is 12.2 Å². The van der Waals surface area contributed by atoms with Gasteiger partial charge in [0.05, 0.1) is 13.1 Å². The lowest BCUT2D eigenvalue weighted by Gasteiger charge is -2.31. The molecule has 1 aliphatic carbocycles. The molecule has 1 aromatic rings. The largest absolute Gasteiger partial charge is 0.448 e. The van der Waals surface area contributed by atoms with E-state index in [1.54, 1.807) is 0 Å². The van der Waals surface area contributed by atoms with Crippen LogP contribution in [-0.2, 0) is 4.79 Å². The van der Waals surface area contributed by atoms with Crippen LogP contribution in [0.2, 0.25) is 0 Å². The summed E-state index contributed by atoms with van der Waals surface area (Å²) >= 11 is 0. The van der Waals surface area contributed by atoms with E-state index >= 15 is 0 Å². The molecule has 2 atom stereocenters.